The van der Waals surface area contributed by atoms with Crippen LogP contribution in [0.1, 0.15) is 19.4 Å². The van der Waals surface area contributed by atoms with Gasteiger partial charge in [0, 0.05) is 5.69 Å². The minimum absolute atomic E-state index is 0.00726. The number of urea groups is 1. The molecule has 1 atom stereocenters. The molecule has 2 aromatic rings. The van der Waals surface area contributed by atoms with E-state index >= 15 is 0 Å². The second-order valence-electron chi connectivity index (χ2n) is 7.16. The van der Waals surface area contributed by atoms with E-state index in [1.807, 2.05) is 13.8 Å². The second-order valence-corrected chi connectivity index (χ2v) is 7.16. The Morgan fingerprint density at radius 2 is 1.93 bits per heavy atom. The number of halogens is 4. The summed E-state index contributed by atoms with van der Waals surface area (Å²) in [5.74, 6) is -1.31. The van der Waals surface area contributed by atoms with Gasteiger partial charge >= 0.3 is 12.2 Å². The van der Waals surface area contributed by atoms with Crippen LogP contribution in [0, 0.1) is 11.7 Å². The minimum Gasteiger partial charge on any atom is -0.325 e. The molecule has 0 bridgehead atoms. The number of carbonyl (C=O) groups is 2. The fraction of sp³-hybridized carbons (Fsp3) is 0.368. The van der Waals surface area contributed by atoms with E-state index in [4.69, 9.17) is 0 Å². The van der Waals surface area contributed by atoms with E-state index in [-0.39, 0.29) is 36.7 Å². The van der Waals surface area contributed by atoms with Crippen molar-refractivity contribution in [2.24, 2.45) is 5.92 Å². The third-order valence-electron chi connectivity index (χ3n) is 4.65. The number of hydrogen-bond donors (Lipinski definition) is 1. The van der Waals surface area contributed by atoms with Gasteiger partial charge in [0.25, 0.3) is 0 Å². The number of anilines is 2. The van der Waals surface area contributed by atoms with Gasteiger partial charge in [-0.3, -0.25) is 9.69 Å². The Kier molecular flexibility index (Phi) is 5.90. The molecule has 0 aliphatic carbocycles. The molecule has 2 heterocycles. The average molecular weight is 425 g/mol. The molecule has 1 N–H and O–H groups in total. The molecule has 1 aromatic carbocycles. The molecule has 160 valence electrons. The molecular weight excluding hydrogens is 406 g/mol. The van der Waals surface area contributed by atoms with Crippen molar-refractivity contribution in [1.82, 2.24) is 14.9 Å². The quantitative estimate of drug-likeness (QED) is 0.744. The van der Waals surface area contributed by atoms with Crippen molar-refractivity contribution < 1.29 is 27.2 Å². The van der Waals surface area contributed by atoms with E-state index < -0.39 is 29.5 Å². The highest BCUT2D eigenvalue weighted by atomic mass is 19.4. The molecule has 30 heavy (non-hydrogen) atoms. The number of nitrogens with zero attached hydrogens (tertiary/aromatic N) is 4. The topological polar surface area (TPSA) is 78.4 Å². The van der Waals surface area contributed by atoms with Crippen LogP contribution in [0.5, 0.6) is 0 Å². The molecule has 0 unspecified atom stereocenters. The standard InChI is InChI=1S/C19H19F4N5O2/c1-11(2)15-9-28(17-24-7-13(20)8-25-17)18(30)27(15)10-16(29)26-14-5-3-4-12(6-14)19(21,22)23/h3-8,11,15H,9-10H2,1-2H3,(H,26,29)/t15-/m1/s1. The summed E-state index contributed by atoms with van der Waals surface area (Å²) in [6.45, 7) is 3.56. The Morgan fingerprint density at radius 3 is 2.53 bits per heavy atom. The molecule has 0 spiro atoms. The van der Waals surface area contributed by atoms with E-state index in [1.54, 1.807) is 0 Å². The molecule has 1 aliphatic rings. The van der Waals surface area contributed by atoms with Gasteiger partial charge in [-0.25, -0.2) is 19.2 Å². The second kappa shape index (κ2) is 8.25. The summed E-state index contributed by atoms with van der Waals surface area (Å²) in [4.78, 5) is 35.4. The first-order chi connectivity index (χ1) is 14.1. The Hall–Kier alpha value is -3.24. The van der Waals surface area contributed by atoms with Gasteiger partial charge in [-0.2, -0.15) is 13.2 Å². The first-order valence-corrected chi connectivity index (χ1v) is 9.09. The van der Waals surface area contributed by atoms with Gasteiger partial charge < -0.3 is 10.2 Å². The Morgan fingerprint density at radius 1 is 1.27 bits per heavy atom. The highest BCUT2D eigenvalue weighted by Crippen LogP contribution is 2.31. The monoisotopic (exact) mass is 425 g/mol. The maximum Gasteiger partial charge on any atom is 0.416 e. The van der Waals surface area contributed by atoms with Crippen molar-refractivity contribution in [2.45, 2.75) is 26.1 Å². The smallest absolute Gasteiger partial charge is 0.325 e. The SMILES string of the molecule is CC(C)[C@H]1CN(c2ncc(F)cn2)C(=O)N1CC(=O)Nc1cccc(C(F)(F)F)c1. The summed E-state index contributed by atoms with van der Waals surface area (Å²) in [7, 11) is 0. The largest absolute Gasteiger partial charge is 0.416 e. The molecule has 0 saturated carbocycles. The fourth-order valence-corrected chi connectivity index (χ4v) is 3.16. The molecule has 1 aromatic heterocycles. The zero-order valence-corrected chi connectivity index (χ0v) is 16.2. The van der Waals surface area contributed by atoms with Gasteiger partial charge in [0.15, 0.2) is 5.82 Å². The van der Waals surface area contributed by atoms with Crippen LogP contribution in [0.25, 0.3) is 0 Å². The number of amides is 3. The van der Waals surface area contributed by atoms with Crippen LogP contribution in [0.3, 0.4) is 0 Å². The highest BCUT2D eigenvalue weighted by Gasteiger charge is 2.41. The molecule has 3 rings (SSSR count). The molecule has 0 radical (unpaired) electrons. The number of aromatic nitrogens is 2. The van der Waals surface area contributed by atoms with Gasteiger partial charge in [-0.1, -0.05) is 19.9 Å². The predicted molar refractivity (Wildman–Crippen MR) is 100 cm³/mol. The Bertz CT molecular complexity index is 933. The van der Waals surface area contributed by atoms with Crippen LogP contribution < -0.4 is 10.2 Å². The van der Waals surface area contributed by atoms with Crippen molar-refractivity contribution in [1.29, 1.82) is 0 Å². The number of carbonyl (C=O) groups excluding carboxylic acids is 2. The van der Waals surface area contributed by atoms with Crippen molar-refractivity contribution in [3.8, 4) is 0 Å². The lowest BCUT2D eigenvalue weighted by molar-refractivity contribution is -0.137. The molecule has 11 heteroatoms. The van der Waals surface area contributed by atoms with Crippen molar-refractivity contribution >= 4 is 23.6 Å². The van der Waals surface area contributed by atoms with Crippen molar-refractivity contribution in [3.63, 3.8) is 0 Å². The summed E-state index contributed by atoms with van der Waals surface area (Å²) >= 11 is 0. The van der Waals surface area contributed by atoms with Crippen LogP contribution in [0.15, 0.2) is 36.7 Å². The number of alkyl halides is 3. The summed E-state index contributed by atoms with van der Waals surface area (Å²) in [6.07, 6.45) is -2.67. The summed E-state index contributed by atoms with van der Waals surface area (Å²) in [5.41, 5.74) is -0.918. The van der Waals surface area contributed by atoms with Crippen LogP contribution in [-0.4, -0.2) is 45.9 Å². The number of benzene rings is 1. The van der Waals surface area contributed by atoms with Gasteiger partial charge in [0.2, 0.25) is 11.9 Å². The van der Waals surface area contributed by atoms with E-state index in [9.17, 15) is 27.2 Å². The van der Waals surface area contributed by atoms with Gasteiger partial charge in [-0.05, 0) is 24.1 Å². The summed E-state index contributed by atoms with van der Waals surface area (Å²) in [6, 6.07) is 3.33. The molecule has 1 saturated heterocycles. The summed E-state index contributed by atoms with van der Waals surface area (Å²) in [5, 5.41) is 2.39. The molecule has 3 amide bonds. The first kappa shape index (κ1) is 21.5. The van der Waals surface area contributed by atoms with Crippen LogP contribution in [0.2, 0.25) is 0 Å². The van der Waals surface area contributed by atoms with Crippen LogP contribution in [-0.2, 0) is 11.0 Å². The fourth-order valence-electron chi connectivity index (χ4n) is 3.16. The zero-order valence-electron chi connectivity index (χ0n) is 16.2. The van der Waals surface area contributed by atoms with Gasteiger partial charge in [0.05, 0.1) is 30.5 Å². The maximum absolute atomic E-state index is 13.1. The zero-order chi connectivity index (χ0) is 22.1. The molecule has 7 nitrogen and oxygen atoms in total. The normalized spacial score (nSPS) is 17.0. The van der Waals surface area contributed by atoms with Crippen molar-refractivity contribution in [2.75, 3.05) is 23.3 Å². The van der Waals surface area contributed by atoms with Gasteiger partial charge in [-0.15, -0.1) is 0 Å². The third kappa shape index (κ3) is 4.66. The first-order valence-electron chi connectivity index (χ1n) is 9.09. The van der Waals surface area contributed by atoms with E-state index in [2.05, 4.69) is 15.3 Å². The number of hydrogen-bond acceptors (Lipinski definition) is 4. The van der Waals surface area contributed by atoms with Gasteiger partial charge in [0.1, 0.15) is 6.54 Å². The lowest BCUT2D eigenvalue weighted by Crippen LogP contribution is -2.42. The summed E-state index contributed by atoms with van der Waals surface area (Å²) < 4.78 is 51.6. The lowest BCUT2D eigenvalue weighted by atomic mass is 10.0. The average Bonchev–Trinajstić information content (AvgIpc) is 2.98. The van der Waals surface area contributed by atoms with E-state index in [0.29, 0.717) is 0 Å². The molecule has 1 aliphatic heterocycles. The van der Waals surface area contributed by atoms with Crippen molar-refractivity contribution in [3.05, 3.63) is 48.0 Å². The minimum atomic E-state index is -4.54. The van der Waals surface area contributed by atoms with Crippen LogP contribution >= 0.6 is 0 Å². The molecule has 1 fully saturated rings. The van der Waals surface area contributed by atoms with E-state index in [0.717, 1.165) is 24.5 Å². The maximum atomic E-state index is 13.1. The third-order valence-corrected chi connectivity index (χ3v) is 4.65. The lowest BCUT2D eigenvalue weighted by Gasteiger charge is -2.25. The predicted octanol–water partition coefficient (Wildman–Crippen LogP) is 3.54. The van der Waals surface area contributed by atoms with Crippen LogP contribution in [0.4, 0.5) is 34.0 Å². The number of rotatable bonds is 5. The Balaban J connectivity index is 1.74. The van der Waals surface area contributed by atoms with E-state index in [1.165, 1.54) is 21.9 Å². The Labute approximate surface area is 169 Å². The molecular formula is C19H19F4N5O2. The highest BCUT2D eigenvalue weighted by molar-refractivity contribution is 5.99. The number of nitrogens with one attached hydrogen (secondary N) is 1.